The summed E-state index contributed by atoms with van der Waals surface area (Å²) >= 11 is 0. The number of allylic oxidation sites excluding steroid dienone is 3. The molecule has 0 N–H and O–H groups in total. The van der Waals surface area contributed by atoms with Crippen LogP contribution in [0.25, 0.3) is 0 Å². The minimum atomic E-state index is 0. The van der Waals surface area contributed by atoms with E-state index in [-0.39, 0.29) is 53.1 Å². The Balaban J connectivity index is -0.000000180. The van der Waals surface area contributed by atoms with E-state index in [2.05, 4.69) is 0 Å². The third kappa shape index (κ3) is 17.6. The fraction of sp³-hybridized carbons (Fsp3) is 0.429. The van der Waals surface area contributed by atoms with E-state index in [9.17, 15) is 0 Å². The van der Waals surface area contributed by atoms with E-state index in [1.54, 1.807) is 0 Å². The summed E-state index contributed by atoms with van der Waals surface area (Å²) < 4.78 is 0. The molecule has 0 aliphatic rings. The standard InChI is InChI=1S/C7H11.Re.Y/c1-6(2)5-7(3)4;;/h1,5H,2-4H3;;/q-1;;. The van der Waals surface area contributed by atoms with Crippen molar-refractivity contribution in [2.24, 2.45) is 0 Å². The van der Waals surface area contributed by atoms with Crippen LogP contribution in [-0.4, -0.2) is 0 Å². The molecule has 0 atom stereocenters. The van der Waals surface area contributed by atoms with E-state index >= 15 is 0 Å². The van der Waals surface area contributed by atoms with Gasteiger partial charge in [0.05, 0.1) is 0 Å². The van der Waals surface area contributed by atoms with E-state index in [0.717, 1.165) is 5.57 Å². The molecule has 0 saturated carbocycles. The van der Waals surface area contributed by atoms with Crippen molar-refractivity contribution in [2.45, 2.75) is 20.8 Å². The molecule has 0 saturated heterocycles. The number of hydrogen-bond donors (Lipinski definition) is 0. The van der Waals surface area contributed by atoms with E-state index in [0.29, 0.717) is 0 Å². The van der Waals surface area contributed by atoms with E-state index < -0.39 is 0 Å². The maximum atomic E-state index is 5.33. The Morgan fingerprint density at radius 3 is 1.56 bits per heavy atom. The molecule has 0 nitrogen and oxygen atoms in total. The molecule has 9 heavy (non-hydrogen) atoms. The minimum Gasteiger partial charge on any atom is -0.290 e. The summed E-state index contributed by atoms with van der Waals surface area (Å²) in [5.41, 5.74) is 2.13. The molecule has 2 radical (unpaired) electrons. The summed E-state index contributed by atoms with van der Waals surface area (Å²) in [5, 5.41) is 0. The topological polar surface area (TPSA) is 0 Å². The Labute approximate surface area is 96.7 Å². The molecule has 0 unspecified atom stereocenters. The Hall–Kier alpha value is 1.25. The molecule has 0 spiro atoms. The first-order valence-electron chi connectivity index (χ1n) is 2.37. The van der Waals surface area contributed by atoms with Gasteiger partial charge in [0.15, 0.2) is 0 Å². The largest absolute Gasteiger partial charge is 0.290 e. The van der Waals surface area contributed by atoms with Gasteiger partial charge < -0.3 is 0 Å². The van der Waals surface area contributed by atoms with Crippen molar-refractivity contribution in [1.82, 2.24) is 0 Å². The third-order valence-corrected chi connectivity index (χ3v) is 0.516. The zero-order chi connectivity index (χ0) is 5.86. The molecular weight excluding hydrogens is 359 g/mol. The molecule has 0 amide bonds. The average molecular weight is 370 g/mol. The molecule has 0 aromatic carbocycles. The first-order valence-corrected chi connectivity index (χ1v) is 2.37. The average Bonchev–Trinajstić information content (AvgIpc) is 1.27. The van der Waals surface area contributed by atoms with E-state index in [1.807, 2.05) is 26.8 Å². The molecule has 0 aliphatic carbocycles. The second-order valence-corrected chi connectivity index (χ2v) is 1.97. The fourth-order valence-electron chi connectivity index (χ4n) is 0.455. The van der Waals surface area contributed by atoms with Gasteiger partial charge in [-0.3, -0.25) is 6.58 Å². The second kappa shape index (κ2) is 9.25. The van der Waals surface area contributed by atoms with Crippen LogP contribution in [0.1, 0.15) is 20.8 Å². The molecule has 0 rings (SSSR count). The van der Waals surface area contributed by atoms with Crippen LogP contribution in [0.15, 0.2) is 17.2 Å². The van der Waals surface area contributed by atoms with Crippen molar-refractivity contribution in [3.05, 3.63) is 23.8 Å². The molecule has 2 heteroatoms. The quantitative estimate of drug-likeness (QED) is 0.491. The Morgan fingerprint density at radius 1 is 1.22 bits per heavy atom. The zero-order valence-electron chi connectivity index (χ0n) is 6.11. The molecule has 0 bridgehead atoms. The Morgan fingerprint density at radius 2 is 1.56 bits per heavy atom. The van der Waals surface area contributed by atoms with Gasteiger partial charge in [-0.25, -0.2) is 11.6 Å². The van der Waals surface area contributed by atoms with Crippen molar-refractivity contribution in [1.29, 1.82) is 0 Å². The first-order chi connectivity index (χ1) is 3.13. The van der Waals surface area contributed by atoms with Gasteiger partial charge in [-0.15, -0.1) is 0 Å². The van der Waals surface area contributed by atoms with E-state index in [4.69, 9.17) is 6.58 Å². The van der Waals surface area contributed by atoms with Gasteiger partial charge in [0, 0.05) is 53.1 Å². The van der Waals surface area contributed by atoms with Crippen molar-refractivity contribution in [3.8, 4) is 0 Å². The number of hydrogen-bond acceptors (Lipinski definition) is 0. The fourth-order valence-corrected chi connectivity index (χ4v) is 0.455. The van der Waals surface area contributed by atoms with Crippen molar-refractivity contribution >= 4 is 0 Å². The Kier molecular flexibility index (Phi) is 17.1. The summed E-state index contributed by atoms with van der Waals surface area (Å²) in [6, 6.07) is 0. The van der Waals surface area contributed by atoms with Crippen molar-refractivity contribution in [2.75, 3.05) is 0 Å². The van der Waals surface area contributed by atoms with Gasteiger partial charge in [-0.2, -0.15) is 5.57 Å². The van der Waals surface area contributed by atoms with Crippen LogP contribution in [-0.2, 0) is 53.1 Å². The SMILES string of the molecule is [CH-]=C(C)C=C(C)C.[Re].[Y]. The summed E-state index contributed by atoms with van der Waals surface area (Å²) in [6.45, 7) is 11.3. The zero-order valence-corrected chi connectivity index (χ0v) is 11.7. The van der Waals surface area contributed by atoms with Crippen molar-refractivity contribution in [3.63, 3.8) is 0 Å². The third-order valence-electron chi connectivity index (χ3n) is 0.516. The van der Waals surface area contributed by atoms with Gasteiger partial charge in [0.2, 0.25) is 0 Å². The molecule has 50 valence electrons. The van der Waals surface area contributed by atoms with Gasteiger partial charge in [-0.05, 0) is 0 Å². The van der Waals surface area contributed by atoms with E-state index in [1.165, 1.54) is 5.57 Å². The van der Waals surface area contributed by atoms with Gasteiger partial charge >= 0.3 is 0 Å². The molecule has 0 heterocycles. The summed E-state index contributed by atoms with van der Waals surface area (Å²) in [6.07, 6.45) is 1.94. The molecule has 0 aliphatic heterocycles. The van der Waals surface area contributed by atoms with Gasteiger partial charge in [-0.1, -0.05) is 20.8 Å². The predicted octanol–water partition coefficient (Wildman–Crippen LogP) is 2.33. The Bertz CT molecular complexity index is 101. The van der Waals surface area contributed by atoms with Crippen LogP contribution in [0, 0.1) is 6.58 Å². The van der Waals surface area contributed by atoms with Gasteiger partial charge in [0.25, 0.3) is 0 Å². The van der Waals surface area contributed by atoms with Crippen LogP contribution in [0.2, 0.25) is 0 Å². The van der Waals surface area contributed by atoms with Crippen molar-refractivity contribution < 1.29 is 53.1 Å². The van der Waals surface area contributed by atoms with Crippen LogP contribution >= 0.6 is 0 Å². The summed E-state index contributed by atoms with van der Waals surface area (Å²) in [5.74, 6) is 0. The maximum absolute atomic E-state index is 5.33. The first kappa shape index (κ1) is 16.7. The summed E-state index contributed by atoms with van der Waals surface area (Å²) in [4.78, 5) is 0. The monoisotopic (exact) mass is 371 g/mol. The summed E-state index contributed by atoms with van der Waals surface area (Å²) in [7, 11) is 0. The number of rotatable bonds is 1. The normalized spacial score (nSPS) is 6.11. The second-order valence-electron chi connectivity index (χ2n) is 1.97. The van der Waals surface area contributed by atoms with Crippen LogP contribution in [0.4, 0.5) is 0 Å². The minimum absolute atomic E-state index is 0. The molecule has 0 aromatic rings. The molecule has 0 fully saturated rings. The van der Waals surface area contributed by atoms with Crippen LogP contribution < -0.4 is 0 Å². The van der Waals surface area contributed by atoms with Gasteiger partial charge in [0.1, 0.15) is 0 Å². The maximum Gasteiger partial charge on any atom is 0 e. The predicted molar refractivity (Wildman–Crippen MR) is 32.9 cm³/mol. The van der Waals surface area contributed by atoms with Crippen LogP contribution in [0.5, 0.6) is 0 Å². The molecule has 0 aromatic heterocycles. The molecular formula is C7H11ReY-. The van der Waals surface area contributed by atoms with Crippen LogP contribution in [0.3, 0.4) is 0 Å². The smallest absolute Gasteiger partial charge is 0 e.